The van der Waals surface area contributed by atoms with Crippen LogP contribution < -0.4 is 16.4 Å². The standard InChI is InChI=1S/C12H17N3O4/c16-7-8-2-1-3-9(8)13-11(18)6-15-12(19)5-4-10(17)14-15/h4-5,8-9,16H,1-3,6-7H2,(H,13,18)(H,14,17). The van der Waals surface area contributed by atoms with E-state index in [2.05, 4.69) is 10.4 Å². The van der Waals surface area contributed by atoms with Gasteiger partial charge in [-0.15, -0.1) is 0 Å². The maximum Gasteiger partial charge on any atom is 0.265 e. The average Bonchev–Trinajstić information content (AvgIpc) is 2.81. The zero-order valence-electron chi connectivity index (χ0n) is 10.5. The van der Waals surface area contributed by atoms with E-state index in [1.807, 2.05) is 0 Å². The summed E-state index contributed by atoms with van der Waals surface area (Å²) in [6.45, 7) is -0.170. The van der Waals surface area contributed by atoms with Crippen LogP contribution in [0.3, 0.4) is 0 Å². The van der Waals surface area contributed by atoms with Crippen molar-refractivity contribution < 1.29 is 9.90 Å². The fourth-order valence-electron chi connectivity index (χ4n) is 2.42. The summed E-state index contributed by atoms with van der Waals surface area (Å²) in [6, 6.07) is 2.19. The lowest BCUT2D eigenvalue weighted by Crippen LogP contribution is -2.42. The first-order valence-corrected chi connectivity index (χ1v) is 6.30. The van der Waals surface area contributed by atoms with E-state index in [9.17, 15) is 14.4 Å². The van der Waals surface area contributed by atoms with Crippen molar-refractivity contribution in [3.8, 4) is 0 Å². The maximum absolute atomic E-state index is 11.8. The van der Waals surface area contributed by atoms with Gasteiger partial charge >= 0.3 is 0 Å². The normalized spacial score (nSPS) is 22.4. The molecule has 19 heavy (non-hydrogen) atoms. The predicted octanol–water partition coefficient (Wildman–Crippen LogP) is -1.19. The molecule has 0 bridgehead atoms. The summed E-state index contributed by atoms with van der Waals surface area (Å²) < 4.78 is 0.973. The second-order valence-corrected chi connectivity index (χ2v) is 4.78. The number of amides is 1. The van der Waals surface area contributed by atoms with E-state index >= 15 is 0 Å². The summed E-state index contributed by atoms with van der Waals surface area (Å²) in [7, 11) is 0. The minimum absolute atomic E-state index is 0.0487. The molecule has 2 unspecified atom stereocenters. The molecule has 1 fully saturated rings. The highest BCUT2D eigenvalue weighted by atomic mass is 16.3. The van der Waals surface area contributed by atoms with Crippen molar-refractivity contribution in [2.45, 2.75) is 31.8 Å². The number of carbonyl (C=O) groups excluding carboxylic acids is 1. The molecule has 2 rings (SSSR count). The first-order chi connectivity index (χ1) is 9.10. The van der Waals surface area contributed by atoms with Crippen molar-refractivity contribution in [1.82, 2.24) is 15.1 Å². The van der Waals surface area contributed by atoms with Gasteiger partial charge in [-0.05, 0) is 12.8 Å². The number of aromatic amines is 1. The molecule has 0 aliphatic heterocycles. The average molecular weight is 267 g/mol. The number of carbonyl (C=O) groups is 1. The molecule has 1 aliphatic rings. The Morgan fingerprint density at radius 3 is 2.95 bits per heavy atom. The van der Waals surface area contributed by atoms with Gasteiger partial charge in [0.25, 0.3) is 11.1 Å². The molecule has 104 valence electrons. The summed E-state index contributed by atoms with van der Waals surface area (Å²) in [5.41, 5.74) is -0.860. The van der Waals surface area contributed by atoms with E-state index < -0.39 is 11.1 Å². The molecule has 7 heteroatoms. The van der Waals surface area contributed by atoms with Gasteiger partial charge in [-0.3, -0.25) is 19.5 Å². The fraction of sp³-hybridized carbons (Fsp3) is 0.583. The Balaban J connectivity index is 1.99. The Morgan fingerprint density at radius 1 is 1.42 bits per heavy atom. The summed E-state index contributed by atoms with van der Waals surface area (Å²) in [4.78, 5) is 34.3. The Labute approximate surface area is 109 Å². The number of rotatable bonds is 4. The van der Waals surface area contributed by atoms with Crippen molar-refractivity contribution in [3.05, 3.63) is 32.8 Å². The number of H-pyrrole nitrogens is 1. The van der Waals surface area contributed by atoms with Crippen molar-refractivity contribution in [3.63, 3.8) is 0 Å². The Kier molecular flexibility index (Phi) is 4.16. The molecular weight excluding hydrogens is 250 g/mol. The van der Waals surface area contributed by atoms with Crippen LogP contribution in [0, 0.1) is 5.92 Å². The zero-order valence-corrected chi connectivity index (χ0v) is 10.5. The third-order valence-corrected chi connectivity index (χ3v) is 3.43. The number of aromatic nitrogens is 2. The number of hydrogen-bond donors (Lipinski definition) is 3. The summed E-state index contributed by atoms with van der Waals surface area (Å²) in [5, 5.41) is 14.3. The van der Waals surface area contributed by atoms with E-state index in [0.717, 1.165) is 36.1 Å². The monoisotopic (exact) mass is 267 g/mol. The van der Waals surface area contributed by atoms with Gasteiger partial charge < -0.3 is 10.4 Å². The van der Waals surface area contributed by atoms with E-state index in [1.54, 1.807) is 0 Å². The highest BCUT2D eigenvalue weighted by molar-refractivity contribution is 5.76. The Hall–Kier alpha value is -1.89. The molecule has 3 N–H and O–H groups in total. The molecule has 0 saturated heterocycles. The van der Waals surface area contributed by atoms with Crippen LogP contribution in [0.25, 0.3) is 0 Å². The number of nitrogens with zero attached hydrogens (tertiary/aromatic N) is 1. The van der Waals surface area contributed by atoms with Crippen LogP contribution in [0.2, 0.25) is 0 Å². The minimum atomic E-state index is -0.431. The molecule has 2 atom stereocenters. The number of aliphatic hydroxyl groups excluding tert-OH is 1. The van der Waals surface area contributed by atoms with Crippen LogP contribution in [-0.4, -0.2) is 33.4 Å². The predicted molar refractivity (Wildman–Crippen MR) is 67.7 cm³/mol. The molecule has 1 heterocycles. The van der Waals surface area contributed by atoms with Crippen molar-refractivity contribution in [1.29, 1.82) is 0 Å². The van der Waals surface area contributed by atoms with Gasteiger partial charge in [0.15, 0.2) is 0 Å². The molecule has 1 aliphatic carbocycles. The number of hydrogen-bond acceptors (Lipinski definition) is 4. The van der Waals surface area contributed by atoms with E-state index in [4.69, 9.17) is 5.11 Å². The molecule has 1 saturated carbocycles. The van der Waals surface area contributed by atoms with Gasteiger partial charge in [0, 0.05) is 30.7 Å². The van der Waals surface area contributed by atoms with Crippen LogP contribution in [0.15, 0.2) is 21.7 Å². The first kappa shape index (κ1) is 13.5. The molecule has 0 radical (unpaired) electrons. The van der Waals surface area contributed by atoms with E-state index in [-0.39, 0.29) is 31.0 Å². The first-order valence-electron chi connectivity index (χ1n) is 6.30. The third kappa shape index (κ3) is 3.31. The highest BCUT2D eigenvalue weighted by Crippen LogP contribution is 2.24. The van der Waals surface area contributed by atoms with E-state index in [0.29, 0.717) is 0 Å². The number of nitrogens with one attached hydrogen (secondary N) is 2. The van der Waals surface area contributed by atoms with Crippen LogP contribution in [0.1, 0.15) is 19.3 Å². The molecular formula is C12H17N3O4. The van der Waals surface area contributed by atoms with Gasteiger partial charge in [-0.1, -0.05) is 6.42 Å². The lowest BCUT2D eigenvalue weighted by molar-refractivity contribution is -0.123. The summed E-state index contributed by atoms with van der Waals surface area (Å²) in [6.07, 6.45) is 2.69. The van der Waals surface area contributed by atoms with Gasteiger partial charge in [0.1, 0.15) is 6.54 Å². The smallest absolute Gasteiger partial charge is 0.265 e. The molecule has 1 aromatic heterocycles. The van der Waals surface area contributed by atoms with Crippen LogP contribution in [0.5, 0.6) is 0 Å². The van der Waals surface area contributed by atoms with Crippen molar-refractivity contribution in [2.75, 3.05) is 6.61 Å². The molecule has 0 aromatic carbocycles. The zero-order chi connectivity index (χ0) is 13.8. The SMILES string of the molecule is O=C(Cn1[nH]c(=O)ccc1=O)NC1CCCC1CO. The minimum Gasteiger partial charge on any atom is -0.396 e. The highest BCUT2D eigenvalue weighted by Gasteiger charge is 2.27. The Bertz CT molecular complexity index is 563. The number of aliphatic hydroxyl groups is 1. The molecule has 1 aromatic rings. The van der Waals surface area contributed by atoms with Crippen LogP contribution in [-0.2, 0) is 11.3 Å². The van der Waals surface area contributed by atoms with Gasteiger partial charge in [-0.2, -0.15) is 0 Å². The van der Waals surface area contributed by atoms with Gasteiger partial charge in [0.2, 0.25) is 5.91 Å². The molecule has 1 amide bonds. The largest absolute Gasteiger partial charge is 0.396 e. The summed E-state index contributed by atoms with van der Waals surface area (Å²) in [5.74, 6) is -0.259. The van der Waals surface area contributed by atoms with Gasteiger partial charge in [-0.25, -0.2) is 4.68 Å². The van der Waals surface area contributed by atoms with Gasteiger partial charge in [0.05, 0.1) is 0 Å². The topological polar surface area (TPSA) is 104 Å². The van der Waals surface area contributed by atoms with Crippen LogP contribution in [0.4, 0.5) is 0 Å². The lowest BCUT2D eigenvalue weighted by atomic mass is 10.1. The second-order valence-electron chi connectivity index (χ2n) is 4.78. The van der Waals surface area contributed by atoms with E-state index in [1.165, 1.54) is 0 Å². The molecule has 0 spiro atoms. The second kappa shape index (κ2) is 5.83. The van der Waals surface area contributed by atoms with Crippen molar-refractivity contribution in [2.24, 2.45) is 5.92 Å². The van der Waals surface area contributed by atoms with Crippen LogP contribution >= 0.6 is 0 Å². The Morgan fingerprint density at radius 2 is 2.21 bits per heavy atom. The summed E-state index contributed by atoms with van der Waals surface area (Å²) >= 11 is 0. The molecule has 7 nitrogen and oxygen atoms in total. The quantitative estimate of drug-likeness (QED) is 0.638. The third-order valence-electron chi connectivity index (χ3n) is 3.43. The maximum atomic E-state index is 11.8. The fourth-order valence-corrected chi connectivity index (χ4v) is 2.42. The van der Waals surface area contributed by atoms with Crippen molar-refractivity contribution >= 4 is 5.91 Å². The lowest BCUT2D eigenvalue weighted by Gasteiger charge is -2.19.